The van der Waals surface area contributed by atoms with Crippen molar-refractivity contribution in [3.05, 3.63) is 20.8 Å². The molecule has 2 N–H and O–H groups in total. The highest BCUT2D eigenvalue weighted by atomic mass is 35.5. The zero-order chi connectivity index (χ0) is 17.7. The largest absolute Gasteiger partial charge is 0.383 e. The van der Waals surface area contributed by atoms with Gasteiger partial charge in [0.2, 0.25) is 0 Å². The number of aryl methyl sites for hydroxylation is 2. The highest BCUT2D eigenvalue weighted by molar-refractivity contribution is 6.17. The zero-order valence-electron chi connectivity index (χ0n) is 14.4. The highest BCUT2D eigenvalue weighted by Gasteiger charge is 2.20. The van der Waals surface area contributed by atoms with Crippen LogP contribution in [0, 0.1) is 0 Å². The maximum Gasteiger partial charge on any atom is 0.332 e. The fourth-order valence-corrected chi connectivity index (χ4v) is 2.96. The number of nitrogen functional groups attached to an aromatic ring is 1. The average molecular weight is 356 g/mol. The summed E-state index contributed by atoms with van der Waals surface area (Å²) in [6, 6.07) is 0. The molecule has 0 saturated carbocycles. The van der Waals surface area contributed by atoms with Crippen molar-refractivity contribution < 1.29 is 0 Å². The Balaban J connectivity index is 2.67. The molecule has 7 nitrogen and oxygen atoms in total. The van der Waals surface area contributed by atoms with E-state index in [0.29, 0.717) is 36.5 Å². The fraction of sp³-hybridized carbons (Fsp3) is 0.688. The molecular weight excluding hydrogens is 330 g/mol. The number of unbranched alkanes of at least 4 members (excludes halogenated alkanes) is 3. The second-order valence-electron chi connectivity index (χ2n) is 5.95. The Morgan fingerprint density at radius 1 is 1.00 bits per heavy atom. The molecule has 2 aromatic rings. The van der Waals surface area contributed by atoms with Gasteiger partial charge in [0.25, 0.3) is 5.56 Å². The Morgan fingerprint density at radius 2 is 1.67 bits per heavy atom. The number of rotatable bonds is 9. The van der Waals surface area contributed by atoms with Gasteiger partial charge >= 0.3 is 5.69 Å². The van der Waals surface area contributed by atoms with Gasteiger partial charge in [-0.25, -0.2) is 9.48 Å². The number of nitrogens with zero attached hydrogens (tertiary/aromatic N) is 4. The van der Waals surface area contributed by atoms with Crippen LogP contribution in [0.4, 0.5) is 5.82 Å². The van der Waals surface area contributed by atoms with Crippen LogP contribution < -0.4 is 17.0 Å². The predicted octanol–water partition coefficient (Wildman–Crippen LogP) is 2.17. The standard InChI is InChI=1S/C16H26ClN5O2/c1-3-5-7-10-21-15(23)12-13(18)22(11-8-17)19-14(12)20(16(21)24)9-6-4-2/h3-11,18H2,1-2H3. The number of anilines is 1. The van der Waals surface area contributed by atoms with Crippen LogP contribution in [0.15, 0.2) is 9.59 Å². The molecule has 8 heteroatoms. The van der Waals surface area contributed by atoms with E-state index in [1.807, 2.05) is 0 Å². The SMILES string of the molecule is CCCCCn1c(=O)c2c(N)n(CCCl)nc2n(CCCC)c1=O. The van der Waals surface area contributed by atoms with E-state index in [1.165, 1.54) is 9.25 Å². The second-order valence-corrected chi connectivity index (χ2v) is 6.33. The Labute approximate surface area is 146 Å². The number of alkyl halides is 1. The number of nitrogens with two attached hydrogens (primary N) is 1. The van der Waals surface area contributed by atoms with Crippen molar-refractivity contribution in [2.45, 2.75) is 65.6 Å². The summed E-state index contributed by atoms with van der Waals surface area (Å²) in [5.74, 6) is 0.618. The minimum atomic E-state index is -0.350. The molecule has 0 aliphatic heterocycles. The third kappa shape index (κ3) is 3.50. The summed E-state index contributed by atoms with van der Waals surface area (Å²) in [6.07, 6.45) is 4.57. The van der Waals surface area contributed by atoms with Crippen LogP contribution in [0.3, 0.4) is 0 Å². The van der Waals surface area contributed by atoms with E-state index in [4.69, 9.17) is 17.3 Å². The summed E-state index contributed by atoms with van der Waals surface area (Å²) in [5.41, 5.74) is 5.83. The van der Waals surface area contributed by atoms with Gasteiger partial charge in [0, 0.05) is 19.0 Å². The minimum Gasteiger partial charge on any atom is -0.383 e. The van der Waals surface area contributed by atoms with E-state index >= 15 is 0 Å². The van der Waals surface area contributed by atoms with Crippen molar-refractivity contribution in [3.63, 3.8) is 0 Å². The van der Waals surface area contributed by atoms with Crippen molar-refractivity contribution in [1.29, 1.82) is 0 Å². The van der Waals surface area contributed by atoms with E-state index in [2.05, 4.69) is 18.9 Å². The van der Waals surface area contributed by atoms with Gasteiger partial charge in [0.1, 0.15) is 11.2 Å². The van der Waals surface area contributed by atoms with Gasteiger partial charge in [-0.15, -0.1) is 11.6 Å². The van der Waals surface area contributed by atoms with Crippen LogP contribution >= 0.6 is 11.6 Å². The molecule has 0 amide bonds. The first kappa shape index (κ1) is 18.6. The zero-order valence-corrected chi connectivity index (χ0v) is 15.2. The van der Waals surface area contributed by atoms with Crippen molar-refractivity contribution in [1.82, 2.24) is 18.9 Å². The number of fused-ring (bicyclic) bond motifs is 1. The van der Waals surface area contributed by atoms with E-state index < -0.39 is 0 Å². The molecule has 0 bridgehead atoms. The van der Waals surface area contributed by atoms with Gasteiger partial charge in [-0.05, 0) is 12.8 Å². The summed E-state index contributed by atoms with van der Waals surface area (Å²) >= 11 is 5.78. The minimum absolute atomic E-state index is 0.283. The molecule has 0 atom stereocenters. The van der Waals surface area contributed by atoms with Crippen LogP contribution in [0.1, 0.15) is 46.0 Å². The quantitative estimate of drug-likeness (QED) is 0.551. The van der Waals surface area contributed by atoms with Crippen LogP contribution in [-0.4, -0.2) is 24.8 Å². The summed E-state index contributed by atoms with van der Waals surface area (Å²) < 4.78 is 4.39. The Morgan fingerprint density at radius 3 is 2.29 bits per heavy atom. The molecule has 0 aliphatic carbocycles. The van der Waals surface area contributed by atoms with E-state index in [9.17, 15) is 9.59 Å². The Hall–Kier alpha value is -1.76. The molecule has 2 aromatic heterocycles. The Kier molecular flexibility index (Phi) is 6.48. The lowest BCUT2D eigenvalue weighted by molar-refractivity contribution is 0.520. The van der Waals surface area contributed by atoms with Crippen molar-refractivity contribution in [2.75, 3.05) is 11.6 Å². The third-order valence-corrected chi connectivity index (χ3v) is 4.34. The molecule has 0 unspecified atom stereocenters. The molecule has 0 spiro atoms. The molecule has 0 aliphatic rings. The maximum absolute atomic E-state index is 12.8. The molecule has 0 radical (unpaired) electrons. The molecular formula is C16H26ClN5O2. The highest BCUT2D eigenvalue weighted by Crippen LogP contribution is 2.16. The molecule has 2 heterocycles. The van der Waals surface area contributed by atoms with Gasteiger partial charge in [-0.3, -0.25) is 13.9 Å². The smallest absolute Gasteiger partial charge is 0.332 e. The van der Waals surface area contributed by atoms with Crippen LogP contribution in [-0.2, 0) is 19.6 Å². The number of aromatic nitrogens is 4. The molecule has 134 valence electrons. The molecule has 2 rings (SSSR count). The Bertz CT molecular complexity index is 805. The topological polar surface area (TPSA) is 87.8 Å². The lowest BCUT2D eigenvalue weighted by Gasteiger charge is -2.10. The number of hydrogen-bond donors (Lipinski definition) is 1. The lowest BCUT2D eigenvalue weighted by Crippen LogP contribution is -2.40. The van der Waals surface area contributed by atoms with Gasteiger partial charge in [0.05, 0.1) is 6.54 Å². The summed E-state index contributed by atoms with van der Waals surface area (Å²) in [5, 5.41) is 4.70. The predicted molar refractivity (Wildman–Crippen MR) is 97.8 cm³/mol. The molecule has 0 saturated heterocycles. The first-order valence-electron chi connectivity index (χ1n) is 8.62. The van der Waals surface area contributed by atoms with Crippen molar-refractivity contribution in [2.24, 2.45) is 0 Å². The van der Waals surface area contributed by atoms with Crippen molar-refractivity contribution >= 4 is 28.5 Å². The summed E-state index contributed by atoms with van der Waals surface area (Å²) in [4.78, 5) is 25.6. The molecule has 24 heavy (non-hydrogen) atoms. The summed E-state index contributed by atoms with van der Waals surface area (Å²) in [7, 11) is 0. The third-order valence-electron chi connectivity index (χ3n) is 4.17. The lowest BCUT2D eigenvalue weighted by atomic mass is 10.2. The van der Waals surface area contributed by atoms with Crippen LogP contribution in [0.25, 0.3) is 11.0 Å². The molecule has 0 aromatic carbocycles. The van der Waals surface area contributed by atoms with Crippen LogP contribution in [0.2, 0.25) is 0 Å². The van der Waals surface area contributed by atoms with Gasteiger partial charge in [-0.2, -0.15) is 5.10 Å². The monoisotopic (exact) mass is 355 g/mol. The average Bonchev–Trinajstić information content (AvgIpc) is 2.88. The van der Waals surface area contributed by atoms with E-state index in [1.54, 1.807) is 4.57 Å². The fourth-order valence-electron chi connectivity index (χ4n) is 2.80. The van der Waals surface area contributed by atoms with Crippen LogP contribution in [0.5, 0.6) is 0 Å². The second kappa shape index (κ2) is 8.37. The van der Waals surface area contributed by atoms with Gasteiger partial charge in [0.15, 0.2) is 5.65 Å². The first-order valence-corrected chi connectivity index (χ1v) is 9.15. The normalized spacial score (nSPS) is 11.5. The maximum atomic E-state index is 12.8. The van der Waals surface area contributed by atoms with E-state index in [-0.39, 0.29) is 17.1 Å². The van der Waals surface area contributed by atoms with Gasteiger partial charge in [-0.1, -0.05) is 33.1 Å². The first-order chi connectivity index (χ1) is 11.6. The molecule has 0 fully saturated rings. The van der Waals surface area contributed by atoms with Gasteiger partial charge < -0.3 is 5.73 Å². The number of hydrogen-bond acceptors (Lipinski definition) is 4. The number of halogens is 1. The van der Waals surface area contributed by atoms with Crippen molar-refractivity contribution in [3.8, 4) is 0 Å². The summed E-state index contributed by atoms with van der Waals surface area (Å²) in [6.45, 7) is 5.48. The van der Waals surface area contributed by atoms with E-state index in [0.717, 1.165) is 32.1 Å².